The number of amides is 1. The molecule has 0 aliphatic rings. The average molecular weight is 402 g/mol. The molecule has 1 atom stereocenters. The van der Waals surface area contributed by atoms with Crippen LogP contribution in [-0.2, 0) is 11.3 Å². The Bertz CT molecular complexity index is 958. The Morgan fingerprint density at radius 2 is 1.96 bits per heavy atom. The first kappa shape index (κ1) is 19.5. The molecule has 0 unspecified atom stereocenters. The highest BCUT2D eigenvalue weighted by Gasteiger charge is 2.19. The van der Waals surface area contributed by atoms with Crippen LogP contribution in [0.4, 0.5) is 0 Å². The molecule has 1 N–H and O–H groups in total. The third-order valence-electron chi connectivity index (χ3n) is 4.22. The maximum absolute atomic E-state index is 12.3. The number of rotatable bonds is 6. The van der Waals surface area contributed by atoms with Gasteiger partial charge in [-0.2, -0.15) is 0 Å². The van der Waals surface area contributed by atoms with Crippen molar-refractivity contribution in [3.8, 4) is 11.5 Å². The number of nitrogens with one attached hydrogen (secondary N) is 1. The lowest BCUT2D eigenvalue weighted by Gasteiger charge is -2.10. The van der Waals surface area contributed by atoms with Crippen molar-refractivity contribution in [2.75, 3.05) is 0 Å². The maximum atomic E-state index is 12.3. The van der Waals surface area contributed by atoms with Crippen molar-refractivity contribution in [2.45, 2.75) is 37.8 Å². The number of carbonyl (C=O) groups excluding carboxylic acids is 1. The number of thioether (sulfide) groups is 1. The van der Waals surface area contributed by atoms with E-state index in [2.05, 4.69) is 22.4 Å². The van der Waals surface area contributed by atoms with Crippen molar-refractivity contribution >= 4 is 29.3 Å². The number of nitrogens with zero attached hydrogens (tertiary/aromatic N) is 2. The molecule has 27 heavy (non-hydrogen) atoms. The highest BCUT2D eigenvalue weighted by Crippen LogP contribution is 2.27. The van der Waals surface area contributed by atoms with Crippen LogP contribution in [0.1, 0.15) is 23.6 Å². The van der Waals surface area contributed by atoms with E-state index < -0.39 is 0 Å². The molecule has 5 nitrogen and oxygen atoms in total. The number of aryl methyl sites for hydroxylation is 2. The Kier molecular flexibility index (Phi) is 6.19. The first-order chi connectivity index (χ1) is 12.9. The van der Waals surface area contributed by atoms with Gasteiger partial charge in [-0.25, -0.2) is 0 Å². The molecule has 3 aromatic rings. The maximum Gasteiger partial charge on any atom is 0.277 e. The summed E-state index contributed by atoms with van der Waals surface area (Å²) < 4.78 is 5.71. The van der Waals surface area contributed by atoms with Gasteiger partial charge in [0.2, 0.25) is 11.8 Å². The zero-order chi connectivity index (χ0) is 19.4. The van der Waals surface area contributed by atoms with Crippen LogP contribution in [0.5, 0.6) is 0 Å². The Balaban J connectivity index is 1.60. The number of hydrogen-bond acceptors (Lipinski definition) is 5. The van der Waals surface area contributed by atoms with Crippen LogP contribution in [0.25, 0.3) is 11.5 Å². The quantitative estimate of drug-likeness (QED) is 0.600. The molecule has 1 amide bonds. The lowest BCUT2D eigenvalue weighted by atomic mass is 10.1. The lowest BCUT2D eigenvalue weighted by Crippen LogP contribution is -2.30. The molecule has 2 aromatic carbocycles. The topological polar surface area (TPSA) is 68.0 Å². The van der Waals surface area contributed by atoms with Gasteiger partial charge in [-0.3, -0.25) is 4.79 Å². The monoisotopic (exact) mass is 401 g/mol. The largest absolute Gasteiger partial charge is 0.411 e. The fourth-order valence-corrected chi connectivity index (χ4v) is 3.33. The summed E-state index contributed by atoms with van der Waals surface area (Å²) in [4.78, 5) is 12.3. The molecule has 0 aliphatic carbocycles. The molecule has 3 rings (SSSR count). The predicted octanol–water partition coefficient (Wildman–Crippen LogP) is 4.80. The van der Waals surface area contributed by atoms with Crippen LogP contribution in [0.3, 0.4) is 0 Å². The Morgan fingerprint density at radius 1 is 1.19 bits per heavy atom. The van der Waals surface area contributed by atoms with Crippen molar-refractivity contribution < 1.29 is 9.21 Å². The standard InChI is InChI=1S/C20H20ClN3O2S/c1-12-8-9-15(10-13(12)2)19-23-24-20(26-19)27-14(3)18(25)22-11-16-6-4-5-7-17(16)21/h4-10,14H,11H2,1-3H3,(H,22,25)/t14-/m1/s1. The van der Waals surface area contributed by atoms with E-state index in [0.29, 0.717) is 22.7 Å². The van der Waals surface area contributed by atoms with Crippen molar-refractivity contribution in [2.24, 2.45) is 0 Å². The molecular formula is C20H20ClN3O2S. The third-order valence-corrected chi connectivity index (χ3v) is 5.52. The van der Waals surface area contributed by atoms with E-state index in [0.717, 1.165) is 16.7 Å². The summed E-state index contributed by atoms with van der Waals surface area (Å²) >= 11 is 7.34. The molecule has 0 spiro atoms. The lowest BCUT2D eigenvalue weighted by molar-refractivity contribution is -0.120. The Labute approximate surface area is 167 Å². The molecule has 1 aromatic heterocycles. The minimum atomic E-state index is -0.374. The molecule has 140 valence electrons. The van der Waals surface area contributed by atoms with E-state index in [-0.39, 0.29) is 11.2 Å². The van der Waals surface area contributed by atoms with Gasteiger partial charge in [-0.05, 0) is 55.7 Å². The smallest absolute Gasteiger partial charge is 0.277 e. The first-order valence-electron chi connectivity index (χ1n) is 8.53. The molecule has 0 bridgehead atoms. The van der Waals surface area contributed by atoms with E-state index in [4.69, 9.17) is 16.0 Å². The van der Waals surface area contributed by atoms with Crippen molar-refractivity contribution in [1.29, 1.82) is 0 Å². The third kappa shape index (κ3) is 4.90. The van der Waals surface area contributed by atoms with Gasteiger partial charge >= 0.3 is 0 Å². The Hall–Kier alpha value is -2.31. The van der Waals surface area contributed by atoms with Gasteiger partial charge in [-0.1, -0.05) is 47.6 Å². The van der Waals surface area contributed by atoms with Gasteiger partial charge in [0.25, 0.3) is 5.22 Å². The Morgan fingerprint density at radius 3 is 2.70 bits per heavy atom. The van der Waals surface area contributed by atoms with Crippen LogP contribution in [-0.4, -0.2) is 21.4 Å². The summed E-state index contributed by atoms with van der Waals surface area (Å²) in [6.45, 7) is 6.26. The summed E-state index contributed by atoms with van der Waals surface area (Å²) in [5, 5.41) is 11.6. The first-order valence-corrected chi connectivity index (χ1v) is 9.78. The van der Waals surface area contributed by atoms with Crippen LogP contribution in [0.15, 0.2) is 52.1 Å². The molecule has 0 fully saturated rings. The average Bonchev–Trinajstić information content (AvgIpc) is 3.11. The van der Waals surface area contributed by atoms with Crippen LogP contribution < -0.4 is 5.32 Å². The SMILES string of the molecule is Cc1ccc(-c2nnc(S[C@H](C)C(=O)NCc3ccccc3Cl)o2)cc1C. The summed E-state index contributed by atoms with van der Waals surface area (Å²) in [6.07, 6.45) is 0. The molecular weight excluding hydrogens is 382 g/mol. The second-order valence-corrected chi connectivity index (χ2v) is 7.94. The second-order valence-electron chi connectivity index (χ2n) is 6.24. The fourth-order valence-electron chi connectivity index (χ4n) is 2.42. The van der Waals surface area contributed by atoms with Crippen molar-refractivity contribution in [3.05, 3.63) is 64.2 Å². The molecule has 0 aliphatic heterocycles. The van der Waals surface area contributed by atoms with Gasteiger partial charge in [0.1, 0.15) is 0 Å². The highest BCUT2D eigenvalue weighted by molar-refractivity contribution is 8.00. The zero-order valence-corrected chi connectivity index (χ0v) is 16.9. The van der Waals surface area contributed by atoms with E-state index in [9.17, 15) is 4.79 Å². The van der Waals surface area contributed by atoms with E-state index in [1.54, 1.807) is 13.0 Å². The summed E-state index contributed by atoms with van der Waals surface area (Å²) in [6, 6.07) is 13.4. The van der Waals surface area contributed by atoms with Crippen LogP contribution in [0.2, 0.25) is 5.02 Å². The minimum absolute atomic E-state index is 0.120. The molecule has 7 heteroatoms. The van der Waals surface area contributed by atoms with Gasteiger partial charge in [-0.15, -0.1) is 10.2 Å². The van der Waals surface area contributed by atoms with Gasteiger partial charge < -0.3 is 9.73 Å². The molecule has 1 heterocycles. The minimum Gasteiger partial charge on any atom is -0.411 e. The number of hydrogen-bond donors (Lipinski definition) is 1. The van der Waals surface area contributed by atoms with E-state index in [1.807, 2.05) is 43.3 Å². The normalized spacial score (nSPS) is 12.0. The molecule has 0 saturated carbocycles. The number of halogens is 1. The number of aromatic nitrogens is 2. The van der Waals surface area contributed by atoms with Crippen molar-refractivity contribution in [3.63, 3.8) is 0 Å². The highest BCUT2D eigenvalue weighted by atomic mass is 35.5. The van der Waals surface area contributed by atoms with Crippen molar-refractivity contribution in [1.82, 2.24) is 15.5 Å². The fraction of sp³-hybridized carbons (Fsp3) is 0.250. The summed E-state index contributed by atoms with van der Waals surface area (Å²) in [5.74, 6) is 0.329. The molecule has 0 radical (unpaired) electrons. The van der Waals surface area contributed by atoms with Gasteiger partial charge in [0.15, 0.2) is 0 Å². The number of benzene rings is 2. The second kappa shape index (κ2) is 8.59. The predicted molar refractivity (Wildman–Crippen MR) is 108 cm³/mol. The summed E-state index contributed by atoms with van der Waals surface area (Å²) in [7, 11) is 0. The molecule has 0 saturated heterocycles. The number of carbonyl (C=O) groups is 1. The van der Waals surface area contributed by atoms with Crippen LogP contribution in [0, 0.1) is 13.8 Å². The zero-order valence-electron chi connectivity index (χ0n) is 15.3. The van der Waals surface area contributed by atoms with Gasteiger partial charge in [0, 0.05) is 17.1 Å². The van der Waals surface area contributed by atoms with E-state index in [1.165, 1.54) is 17.3 Å². The van der Waals surface area contributed by atoms with E-state index >= 15 is 0 Å². The van der Waals surface area contributed by atoms with Crippen LogP contribution >= 0.6 is 23.4 Å². The summed E-state index contributed by atoms with van der Waals surface area (Å²) in [5.41, 5.74) is 4.11. The van der Waals surface area contributed by atoms with Gasteiger partial charge in [0.05, 0.1) is 5.25 Å².